The summed E-state index contributed by atoms with van der Waals surface area (Å²) in [6.07, 6.45) is 7.87. The zero-order valence-electron chi connectivity index (χ0n) is 17.6. The molecule has 3 heterocycles. The summed E-state index contributed by atoms with van der Waals surface area (Å²) in [5, 5.41) is 15.0. The first-order chi connectivity index (χ1) is 15.3. The Bertz CT molecular complexity index is 1030. The number of hydrogen-bond donors (Lipinski definition) is 4. The average Bonchev–Trinajstić information content (AvgIpc) is 3.48. The fourth-order valence-corrected chi connectivity index (χ4v) is 6.35. The van der Waals surface area contributed by atoms with Crippen LogP contribution in [0, 0.1) is 11.8 Å². The quantitative estimate of drug-likeness (QED) is 0.450. The van der Waals surface area contributed by atoms with Crippen LogP contribution >= 0.6 is 11.3 Å². The van der Waals surface area contributed by atoms with Crippen molar-refractivity contribution in [1.29, 1.82) is 0 Å². The third kappa shape index (κ3) is 4.19. The van der Waals surface area contributed by atoms with Crippen LogP contribution in [0.3, 0.4) is 0 Å². The predicted octanol–water partition coefficient (Wildman–Crippen LogP) is 4.59. The number of anilines is 4. The smallest absolute Gasteiger partial charge is 0.232 e. The third-order valence-corrected chi connectivity index (χ3v) is 7.92. The Labute approximate surface area is 186 Å². The first-order valence-electron chi connectivity index (χ1n) is 11.5. The molecule has 31 heavy (non-hydrogen) atoms. The monoisotopic (exact) mass is 435 g/mol. The van der Waals surface area contributed by atoms with Crippen molar-refractivity contribution in [2.75, 3.05) is 29.0 Å². The first kappa shape index (κ1) is 19.3. The van der Waals surface area contributed by atoms with Crippen molar-refractivity contribution in [2.45, 2.75) is 50.6 Å². The van der Waals surface area contributed by atoms with E-state index in [-0.39, 0.29) is 0 Å². The van der Waals surface area contributed by atoms with Crippen molar-refractivity contribution in [3.05, 3.63) is 30.3 Å². The molecule has 6 rings (SSSR count). The van der Waals surface area contributed by atoms with Gasteiger partial charge in [-0.1, -0.05) is 36.3 Å². The van der Waals surface area contributed by atoms with Gasteiger partial charge in [-0.25, -0.2) is 4.98 Å². The van der Waals surface area contributed by atoms with Gasteiger partial charge in [0.05, 0.1) is 10.2 Å². The Hall–Kier alpha value is -2.45. The summed E-state index contributed by atoms with van der Waals surface area (Å²) in [6, 6.07) is 11.2. The zero-order valence-corrected chi connectivity index (χ0v) is 18.4. The molecule has 1 unspecified atom stereocenters. The number of nitrogens with zero attached hydrogens (tertiary/aromatic N) is 3. The van der Waals surface area contributed by atoms with Crippen molar-refractivity contribution in [1.82, 2.24) is 20.3 Å². The van der Waals surface area contributed by atoms with Crippen LogP contribution in [-0.2, 0) is 0 Å². The summed E-state index contributed by atoms with van der Waals surface area (Å²) in [5.74, 6) is 4.05. The second-order valence-corrected chi connectivity index (χ2v) is 10.2. The van der Waals surface area contributed by atoms with E-state index in [4.69, 9.17) is 15.0 Å². The lowest BCUT2D eigenvalue weighted by atomic mass is 9.89. The van der Waals surface area contributed by atoms with Crippen LogP contribution in [0.5, 0.6) is 0 Å². The number of para-hydroxylation sites is 1. The summed E-state index contributed by atoms with van der Waals surface area (Å²) >= 11 is 1.63. The molecule has 2 saturated carbocycles. The second-order valence-electron chi connectivity index (χ2n) is 9.19. The van der Waals surface area contributed by atoms with E-state index in [9.17, 15) is 0 Å². The summed E-state index contributed by atoms with van der Waals surface area (Å²) < 4.78 is 1.16. The van der Waals surface area contributed by atoms with Gasteiger partial charge in [0, 0.05) is 24.7 Å². The summed E-state index contributed by atoms with van der Waals surface area (Å²) in [6.45, 7) is 2.02. The van der Waals surface area contributed by atoms with Crippen molar-refractivity contribution >= 4 is 44.3 Å². The molecule has 2 aromatic heterocycles. The number of fused-ring (bicyclic) bond motifs is 3. The van der Waals surface area contributed by atoms with Gasteiger partial charge in [-0.2, -0.15) is 9.97 Å². The maximum atomic E-state index is 4.83. The van der Waals surface area contributed by atoms with Crippen LogP contribution in [0.25, 0.3) is 10.2 Å². The van der Waals surface area contributed by atoms with Gasteiger partial charge >= 0.3 is 0 Å². The molecule has 8 heteroatoms. The van der Waals surface area contributed by atoms with E-state index in [1.54, 1.807) is 11.3 Å². The summed E-state index contributed by atoms with van der Waals surface area (Å²) in [4.78, 5) is 14.3. The Balaban J connectivity index is 1.26. The van der Waals surface area contributed by atoms with Crippen LogP contribution < -0.4 is 21.3 Å². The van der Waals surface area contributed by atoms with Gasteiger partial charge in [-0.3, -0.25) is 5.32 Å². The van der Waals surface area contributed by atoms with Crippen molar-refractivity contribution in [3.8, 4) is 0 Å². The molecular weight excluding hydrogens is 406 g/mol. The number of benzene rings is 1. The summed E-state index contributed by atoms with van der Waals surface area (Å²) in [5.41, 5.74) is 0.998. The molecule has 162 valence electrons. The topological polar surface area (TPSA) is 86.8 Å². The lowest BCUT2D eigenvalue weighted by Crippen LogP contribution is -2.25. The molecule has 1 aromatic carbocycles. The molecule has 1 saturated heterocycles. The predicted molar refractivity (Wildman–Crippen MR) is 127 cm³/mol. The molecule has 0 amide bonds. The molecule has 2 bridgehead atoms. The molecule has 7 nitrogen and oxygen atoms in total. The fraction of sp³-hybridized carbons (Fsp3) is 0.522. The molecule has 3 aliphatic rings. The number of nitrogens with one attached hydrogen (secondary N) is 4. The van der Waals surface area contributed by atoms with E-state index in [0.29, 0.717) is 18.0 Å². The maximum Gasteiger partial charge on any atom is 0.232 e. The Morgan fingerprint density at radius 3 is 2.71 bits per heavy atom. The minimum Gasteiger partial charge on any atom is -0.367 e. The van der Waals surface area contributed by atoms with Gasteiger partial charge in [0.1, 0.15) is 11.6 Å². The minimum absolute atomic E-state index is 0.406. The third-order valence-electron chi connectivity index (χ3n) is 6.96. The highest BCUT2D eigenvalue weighted by Crippen LogP contribution is 2.43. The van der Waals surface area contributed by atoms with E-state index < -0.39 is 0 Å². The molecule has 3 aromatic rings. The van der Waals surface area contributed by atoms with Gasteiger partial charge in [-0.05, 0) is 56.2 Å². The lowest BCUT2D eigenvalue weighted by Gasteiger charge is -2.23. The second kappa shape index (κ2) is 8.24. The SMILES string of the molecule is c1ccc2sc(Nc3nc(NC4C[C@H]5CCC[C@@H]4C5)cc(N[C@@H]4CCNC4)n3)nc2c1. The van der Waals surface area contributed by atoms with Gasteiger partial charge in [-0.15, -0.1) is 0 Å². The van der Waals surface area contributed by atoms with Gasteiger partial charge < -0.3 is 16.0 Å². The highest BCUT2D eigenvalue weighted by Gasteiger charge is 2.37. The van der Waals surface area contributed by atoms with Gasteiger partial charge in [0.25, 0.3) is 0 Å². The van der Waals surface area contributed by atoms with Gasteiger partial charge in [0.15, 0.2) is 5.13 Å². The highest BCUT2D eigenvalue weighted by molar-refractivity contribution is 7.22. The van der Waals surface area contributed by atoms with Crippen LogP contribution in [0.4, 0.5) is 22.7 Å². The van der Waals surface area contributed by atoms with Crippen LogP contribution in [0.15, 0.2) is 30.3 Å². The lowest BCUT2D eigenvalue weighted by molar-refractivity contribution is 0.354. The molecule has 4 N–H and O–H groups in total. The van der Waals surface area contributed by atoms with Crippen molar-refractivity contribution in [3.63, 3.8) is 0 Å². The standard InChI is InChI=1S/C23H29N7S/c1-2-7-19-17(6-1)27-23(31-19)30-22-28-20(25-16-8-9-24-13-16)12-21(29-22)26-18-11-14-4-3-5-15(18)10-14/h1-2,6-7,12,14-16,18,24H,3-5,8-11,13H2,(H3,25,26,27,28,29,30)/t14-,15+,16+,18?/m0/s1. The van der Waals surface area contributed by atoms with E-state index in [1.807, 2.05) is 18.2 Å². The van der Waals surface area contributed by atoms with E-state index in [2.05, 4.69) is 33.4 Å². The largest absolute Gasteiger partial charge is 0.367 e. The fourth-order valence-electron chi connectivity index (χ4n) is 5.49. The van der Waals surface area contributed by atoms with Crippen molar-refractivity contribution in [2.24, 2.45) is 11.8 Å². The Morgan fingerprint density at radius 1 is 0.968 bits per heavy atom. The molecule has 2 aliphatic carbocycles. The maximum absolute atomic E-state index is 4.83. The number of rotatable bonds is 6. The number of aromatic nitrogens is 3. The zero-order chi connectivity index (χ0) is 20.6. The van der Waals surface area contributed by atoms with E-state index in [0.717, 1.165) is 58.3 Å². The van der Waals surface area contributed by atoms with Crippen LogP contribution in [-0.4, -0.2) is 40.1 Å². The molecule has 1 aliphatic heterocycles. The Kier molecular flexibility index (Phi) is 5.12. The highest BCUT2D eigenvalue weighted by atomic mass is 32.1. The molecular formula is C23H29N7S. The molecule has 3 fully saturated rings. The first-order valence-corrected chi connectivity index (χ1v) is 12.4. The number of hydrogen-bond acceptors (Lipinski definition) is 8. The summed E-state index contributed by atoms with van der Waals surface area (Å²) in [7, 11) is 0. The van der Waals surface area contributed by atoms with Crippen molar-refractivity contribution < 1.29 is 0 Å². The van der Waals surface area contributed by atoms with Gasteiger partial charge in [0.2, 0.25) is 5.95 Å². The average molecular weight is 436 g/mol. The minimum atomic E-state index is 0.406. The van der Waals surface area contributed by atoms with E-state index >= 15 is 0 Å². The van der Waals surface area contributed by atoms with Crippen LogP contribution in [0.1, 0.15) is 38.5 Å². The molecule has 4 atom stereocenters. The number of thiazole rings is 1. The molecule has 0 spiro atoms. The van der Waals surface area contributed by atoms with Crippen LogP contribution in [0.2, 0.25) is 0 Å². The normalized spacial score (nSPS) is 27.5. The Morgan fingerprint density at radius 2 is 1.87 bits per heavy atom. The van der Waals surface area contributed by atoms with E-state index in [1.165, 1.54) is 32.1 Å². The molecule has 0 radical (unpaired) electrons.